The molecule has 2 heteroatoms. The van der Waals surface area contributed by atoms with E-state index in [0.717, 1.165) is 5.39 Å². The van der Waals surface area contributed by atoms with Gasteiger partial charge in [0.25, 0.3) is 0 Å². The number of nitrogens with zero attached hydrogens (tertiary/aromatic N) is 2. The van der Waals surface area contributed by atoms with Crippen molar-refractivity contribution in [1.82, 2.24) is 0 Å². The molecule has 0 radical (unpaired) electrons. The van der Waals surface area contributed by atoms with Crippen molar-refractivity contribution >= 4 is 10.8 Å². The summed E-state index contributed by atoms with van der Waals surface area (Å²) in [6.07, 6.45) is 2.08. The summed E-state index contributed by atoms with van der Waals surface area (Å²) in [4.78, 5) is 0. The first kappa shape index (κ1) is 16.2. The van der Waals surface area contributed by atoms with E-state index in [-0.39, 0.29) is 0 Å². The average Bonchev–Trinajstić information content (AvgIpc) is 2.57. The lowest BCUT2D eigenvalue weighted by atomic mass is 9.90. The third-order valence-electron chi connectivity index (χ3n) is 4.88. The summed E-state index contributed by atoms with van der Waals surface area (Å²) >= 11 is 0. The summed E-state index contributed by atoms with van der Waals surface area (Å²) in [6.45, 7) is 8.84. The Balaban J connectivity index is 2.38. The molecular weight excluding hydrogens is 292 g/mol. The monoisotopic (exact) mass is 315 g/mol. The Kier molecular flexibility index (Phi) is 4.11. The van der Waals surface area contributed by atoms with E-state index in [2.05, 4.69) is 75.8 Å². The first-order valence-corrected chi connectivity index (χ1v) is 8.36. The Morgan fingerprint density at radius 1 is 1.04 bits per heavy atom. The molecule has 0 bridgehead atoms. The standard InChI is InChI=1S/C22H23N2/c1-14(2)19-10-15(3)16(4)21(12-19)22-20-7-6-17(13-23)11-18(20)8-9-24(22)5/h6-12,14H,1-5H3/q+1. The molecule has 0 aliphatic heterocycles. The van der Waals surface area contributed by atoms with Crippen LogP contribution in [0.3, 0.4) is 0 Å². The Morgan fingerprint density at radius 2 is 1.79 bits per heavy atom. The quantitative estimate of drug-likeness (QED) is 0.615. The summed E-state index contributed by atoms with van der Waals surface area (Å²) in [7, 11) is 2.09. The zero-order chi connectivity index (χ0) is 17.4. The first-order chi connectivity index (χ1) is 11.4. The van der Waals surface area contributed by atoms with Gasteiger partial charge in [0.05, 0.1) is 22.6 Å². The first-order valence-electron chi connectivity index (χ1n) is 8.36. The molecule has 2 aromatic carbocycles. The highest BCUT2D eigenvalue weighted by atomic mass is 14.9. The van der Waals surface area contributed by atoms with Crippen molar-refractivity contribution in [3.8, 4) is 17.3 Å². The molecule has 24 heavy (non-hydrogen) atoms. The summed E-state index contributed by atoms with van der Waals surface area (Å²) < 4.78 is 2.18. The van der Waals surface area contributed by atoms with E-state index in [1.807, 2.05) is 12.1 Å². The van der Waals surface area contributed by atoms with Crippen molar-refractivity contribution in [2.75, 3.05) is 0 Å². The van der Waals surface area contributed by atoms with Gasteiger partial charge in [-0.1, -0.05) is 19.9 Å². The van der Waals surface area contributed by atoms with Crippen LogP contribution in [-0.4, -0.2) is 0 Å². The van der Waals surface area contributed by atoms with Crippen molar-refractivity contribution in [3.63, 3.8) is 0 Å². The molecule has 0 spiro atoms. The third kappa shape index (κ3) is 2.67. The molecule has 0 aliphatic carbocycles. The molecule has 0 N–H and O–H groups in total. The molecular formula is C22H23N2+. The molecule has 1 aromatic heterocycles. The maximum absolute atomic E-state index is 9.16. The van der Waals surface area contributed by atoms with Crippen molar-refractivity contribution < 1.29 is 4.57 Å². The number of benzene rings is 2. The lowest BCUT2D eigenvalue weighted by Crippen LogP contribution is -2.30. The fourth-order valence-electron chi connectivity index (χ4n) is 3.24. The molecule has 0 amide bonds. The van der Waals surface area contributed by atoms with Crippen LogP contribution in [0, 0.1) is 25.2 Å². The second-order valence-electron chi connectivity index (χ2n) is 6.85. The van der Waals surface area contributed by atoms with Crippen molar-refractivity contribution in [2.24, 2.45) is 7.05 Å². The van der Waals surface area contributed by atoms with Gasteiger partial charge in [-0.25, -0.2) is 4.57 Å². The average molecular weight is 315 g/mol. The number of rotatable bonds is 2. The van der Waals surface area contributed by atoms with Crippen molar-refractivity contribution in [1.29, 1.82) is 5.26 Å². The summed E-state index contributed by atoms with van der Waals surface area (Å²) in [5.41, 5.74) is 7.18. The minimum atomic E-state index is 0.494. The van der Waals surface area contributed by atoms with Gasteiger partial charge in [0.2, 0.25) is 5.69 Å². The number of aromatic nitrogens is 1. The summed E-state index contributed by atoms with van der Waals surface area (Å²) in [6, 6.07) is 14.9. The Morgan fingerprint density at radius 3 is 2.46 bits per heavy atom. The number of nitriles is 1. The third-order valence-corrected chi connectivity index (χ3v) is 4.88. The fourth-order valence-corrected chi connectivity index (χ4v) is 3.24. The molecule has 2 nitrogen and oxygen atoms in total. The topological polar surface area (TPSA) is 27.7 Å². The molecule has 3 rings (SSSR count). The smallest absolute Gasteiger partial charge is 0.200 e. The molecule has 3 aromatic rings. The zero-order valence-electron chi connectivity index (χ0n) is 15.0. The van der Waals surface area contributed by atoms with Gasteiger partial charge in [0, 0.05) is 6.07 Å². The largest absolute Gasteiger partial charge is 0.220 e. The maximum atomic E-state index is 9.16. The van der Waals surface area contributed by atoms with Gasteiger partial charge in [-0.05, 0) is 66.1 Å². The van der Waals surface area contributed by atoms with E-state index in [1.165, 1.54) is 33.3 Å². The molecule has 120 valence electrons. The van der Waals surface area contributed by atoms with E-state index < -0.39 is 0 Å². The van der Waals surface area contributed by atoms with E-state index in [9.17, 15) is 0 Å². The van der Waals surface area contributed by atoms with Gasteiger partial charge in [0.1, 0.15) is 7.05 Å². The highest BCUT2D eigenvalue weighted by molar-refractivity contribution is 5.94. The fraction of sp³-hybridized carbons (Fsp3) is 0.273. The Labute approximate surface area is 144 Å². The molecule has 0 saturated heterocycles. The van der Waals surface area contributed by atoms with Crippen LogP contribution >= 0.6 is 0 Å². The van der Waals surface area contributed by atoms with Crippen LogP contribution in [0.25, 0.3) is 22.0 Å². The molecule has 0 fully saturated rings. The van der Waals surface area contributed by atoms with Crippen LogP contribution in [0.2, 0.25) is 0 Å². The van der Waals surface area contributed by atoms with Gasteiger partial charge in [-0.15, -0.1) is 0 Å². The molecule has 0 saturated carbocycles. The second-order valence-corrected chi connectivity index (χ2v) is 6.85. The highest BCUT2D eigenvalue weighted by Crippen LogP contribution is 2.32. The van der Waals surface area contributed by atoms with Gasteiger partial charge >= 0.3 is 0 Å². The second kappa shape index (κ2) is 6.09. The van der Waals surface area contributed by atoms with E-state index in [1.54, 1.807) is 0 Å². The van der Waals surface area contributed by atoms with Gasteiger partial charge < -0.3 is 0 Å². The predicted octanol–water partition coefficient (Wildman–Crippen LogP) is 4.94. The van der Waals surface area contributed by atoms with Crippen LogP contribution in [0.5, 0.6) is 0 Å². The number of hydrogen-bond acceptors (Lipinski definition) is 1. The number of aryl methyl sites for hydroxylation is 2. The molecule has 0 atom stereocenters. The van der Waals surface area contributed by atoms with Crippen LogP contribution in [0.1, 0.15) is 42.0 Å². The van der Waals surface area contributed by atoms with Crippen molar-refractivity contribution in [2.45, 2.75) is 33.6 Å². The normalized spacial score (nSPS) is 11.0. The van der Waals surface area contributed by atoms with Crippen LogP contribution < -0.4 is 4.57 Å². The minimum Gasteiger partial charge on any atom is -0.200 e. The lowest BCUT2D eigenvalue weighted by Gasteiger charge is -2.14. The highest BCUT2D eigenvalue weighted by Gasteiger charge is 2.19. The van der Waals surface area contributed by atoms with Crippen LogP contribution in [0.15, 0.2) is 42.6 Å². The molecule has 0 aliphatic rings. The predicted molar refractivity (Wildman–Crippen MR) is 98.8 cm³/mol. The van der Waals surface area contributed by atoms with Crippen LogP contribution in [-0.2, 0) is 7.05 Å². The van der Waals surface area contributed by atoms with E-state index in [0.29, 0.717) is 11.5 Å². The SMILES string of the molecule is Cc1cc(C(C)C)cc(-c2c3ccc(C#N)cc3cc[n+]2C)c1C. The Hall–Kier alpha value is -2.66. The van der Waals surface area contributed by atoms with Gasteiger partial charge in [-0.3, -0.25) is 0 Å². The molecule has 0 unspecified atom stereocenters. The van der Waals surface area contributed by atoms with Crippen LogP contribution in [0.4, 0.5) is 0 Å². The lowest BCUT2D eigenvalue weighted by molar-refractivity contribution is -0.659. The Bertz CT molecular complexity index is 975. The number of pyridine rings is 1. The van der Waals surface area contributed by atoms with Gasteiger partial charge in [0.15, 0.2) is 6.20 Å². The van der Waals surface area contributed by atoms with Crippen molar-refractivity contribution in [3.05, 3.63) is 64.8 Å². The van der Waals surface area contributed by atoms with Gasteiger partial charge in [-0.2, -0.15) is 5.26 Å². The zero-order valence-corrected chi connectivity index (χ0v) is 15.0. The van der Waals surface area contributed by atoms with E-state index >= 15 is 0 Å². The minimum absolute atomic E-state index is 0.494. The maximum Gasteiger partial charge on any atom is 0.220 e. The number of fused-ring (bicyclic) bond motifs is 1. The molecule has 1 heterocycles. The van der Waals surface area contributed by atoms with E-state index in [4.69, 9.17) is 5.26 Å². The summed E-state index contributed by atoms with van der Waals surface area (Å²) in [5.74, 6) is 0.494. The number of hydrogen-bond donors (Lipinski definition) is 0. The summed E-state index contributed by atoms with van der Waals surface area (Å²) in [5, 5.41) is 11.4.